The molecule has 0 fully saturated rings. The maximum atomic E-state index is 12.4. The van der Waals surface area contributed by atoms with Gasteiger partial charge in [0.25, 0.3) is 5.91 Å². The highest BCUT2D eigenvalue weighted by Gasteiger charge is 2.15. The van der Waals surface area contributed by atoms with Gasteiger partial charge >= 0.3 is 5.97 Å². The minimum atomic E-state index is -0.566. The Morgan fingerprint density at radius 2 is 1.94 bits per heavy atom. The number of rotatable bonds is 11. The molecule has 1 N–H and O–H groups in total. The molecule has 1 amide bonds. The molecule has 168 valence electrons. The van der Waals surface area contributed by atoms with Crippen molar-refractivity contribution < 1.29 is 23.8 Å². The smallest absolute Gasteiger partial charge is 0.343 e. The number of aryl methyl sites for hydroxylation is 1. The van der Waals surface area contributed by atoms with E-state index < -0.39 is 11.9 Å². The van der Waals surface area contributed by atoms with Crippen LogP contribution in [0.15, 0.2) is 48.0 Å². The van der Waals surface area contributed by atoms with E-state index in [-0.39, 0.29) is 28.7 Å². The molecular formula is C24H25ClN2O5. The predicted octanol–water partition coefficient (Wildman–Crippen LogP) is 3.95. The third kappa shape index (κ3) is 7.64. The van der Waals surface area contributed by atoms with E-state index in [1.807, 2.05) is 36.4 Å². The molecule has 0 unspecified atom stereocenters. The Kier molecular flexibility index (Phi) is 10.1. The quantitative estimate of drug-likeness (QED) is 0.238. The van der Waals surface area contributed by atoms with Gasteiger partial charge in [0.1, 0.15) is 11.6 Å². The summed E-state index contributed by atoms with van der Waals surface area (Å²) in [4.78, 5) is 23.8. The van der Waals surface area contributed by atoms with E-state index in [0.29, 0.717) is 18.7 Å². The van der Waals surface area contributed by atoms with E-state index in [1.54, 1.807) is 13.0 Å². The number of amides is 1. The lowest BCUT2D eigenvalue weighted by Gasteiger charge is -2.14. The molecule has 0 aliphatic rings. The lowest BCUT2D eigenvalue weighted by molar-refractivity contribution is -0.142. The van der Waals surface area contributed by atoms with E-state index >= 15 is 0 Å². The lowest BCUT2D eigenvalue weighted by atomic mass is 10.1. The maximum absolute atomic E-state index is 12.4. The Bertz CT molecular complexity index is 999. The molecule has 0 saturated heterocycles. The minimum absolute atomic E-state index is 0.0635. The number of nitriles is 1. The Morgan fingerprint density at radius 1 is 1.19 bits per heavy atom. The first-order chi connectivity index (χ1) is 15.5. The first kappa shape index (κ1) is 24.8. The van der Waals surface area contributed by atoms with Crippen molar-refractivity contribution in [2.24, 2.45) is 0 Å². The Morgan fingerprint density at radius 3 is 2.59 bits per heavy atom. The topological polar surface area (TPSA) is 97.6 Å². The molecule has 0 spiro atoms. The summed E-state index contributed by atoms with van der Waals surface area (Å²) >= 11 is 6.29. The normalized spacial score (nSPS) is 10.8. The average Bonchev–Trinajstić information content (AvgIpc) is 2.80. The van der Waals surface area contributed by atoms with Crippen LogP contribution in [0.4, 0.5) is 0 Å². The van der Waals surface area contributed by atoms with Gasteiger partial charge in [-0.3, -0.25) is 4.79 Å². The second-order valence-corrected chi connectivity index (χ2v) is 7.05. The van der Waals surface area contributed by atoms with Crippen molar-refractivity contribution in [3.05, 3.63) is 64.2 Å². The van der Waals surface area contributed by atoms with Crippen LogP contribution in [0.3, 0.4) is 0 Å². The van der Waals surface area contributed by atoms with Crippen molar-refractivity contribution in [2.75, 3.05) is 26.9 Å². The number of carbonyl (C=O) groups excluding carboxylic acids is 2. The van der Waals surface area contributed by atoms with Gasteiger partial charge in [-0.25, -0.2) is 4.79 Å². The summed E-state index contributed by atoms with van der Waals surface area (Å²) in [5.41, 5.74) is 1.61. The van der Waals surface area contributed by atoms with Crippen LogP contribution in [-0.4, -0.2) is 38.7 Å². The number of methoxy groups -OCH3 is 1. The molecule has 0 aromatic heterocycles. The number of hydrogen-bond acceptors (Lipinski definition) is 6. The Labute approximate surface area is 192 Å². The van der Waals surface area contributed by atoms with Crippen LogP contribution < -0.4 is 14.8 Å². The van der Waals surface area contributed by atoms with Gasteiger partial charge in [-0.15, -0.1) is 0 Å². The molecule has 2 rings (SSSR count). The summed E-state index contributed by atoms with van der Waals surface area (Å²) in [7, 11) is 1.25. The fraction of sp³-hybridized carbons (Fsp3) is 0.292. The van der Waals surface area contributed by atoms with Crippen LogP contribution in [0.25, 0.3) is 6.08 Å². The number of hydrogen-bond donors (Lipinski definition) is 1. The summed E-state index contributed by atoms with van der Waals surface area (Å²) in [6, 6.07) is 15.0. The number of esters is 1. The molecule has 8 heteroatoms. The highest BCUT2D eigenvalue weighted by Crippen LogP contribution is 2.37. The van der Waals surface area contributed by atoms with Crippen molar-refractivity contribution in [1.29, 1.82) is 5.26 Å². The van der Waals surface area contributed by atoms with Crippen LogP contribution in [-0.2, 0) is 20.7 Å². The molecule has 2 aromatic rings. The van der Waals surface area contributed by atoms with Gasteiger partial charge in [-0.2, -0.15) is 5.26 Å². The number of nitrogens with zero attached hydrogens (tertiary/aromatic N) is 1. The summed E-state index contributed by atoms with van der Waals surface area (Å²) in [6.45, 7) is 2.22. The lowest BCUT2D eigenvalue weighted by Crippen LogP contribution is -2.25. The SMILES string of the molecule is CCOc1cc(/C=C(/C#N)C(=O)NCCCc2ccccc2)cc(Cl)c1OCC(=O)OC. The second kappa shape index (κ2) is 13.0. The Hall–Kier alpha value is -3.50. The molecule has 0 bridgehead atoms. The number of halogens is 1. The summed E-state index contributed by atoms with van der Waals surface area (Å²) in [6.07, 6.45) is 3.00. The molecular weight excluding hydrogens is 432 g/mol. The molecule has 0 heterocycles. The zero-order valence-electron chi connectivity index (χ0n) is 18.0. The largest absolute Gasteiger partial charge is 0.490 e. The van der Waals surface area contributed by atoms with Gasteiger partial charge in [0.05, 0.1) is 18.7 Å². The van der Waals surface area contributed by atoms with Gasteiger partial charge in [-0.05, 0) is 49.1 Å². The fourth-order valence-electron chi connectivity index (χ4n) is 2.81. The van der Waals surface area contributed by atoms with Crippen molar-refractivity contribution in [3.63, 3.8) is 0 Å². The van der Waals surface area contributed by atoms with Crippen molar-refractivity contribution in [2.45, 2.75) is 19.8 Å². The summed E-state index contributed by atoms with van der Waals surface area (Å²) < 4.78 is 15.5. The zero-order valence-corrected chi connectivity index (χ0v) is 18.8. The monoisotopic (exact) mass is 456 g/mol. The zero-order chi connectivity index (χ0) is 23.3. The van der Waals surface area contributed by atoms with E-state index in [4.69, 9.17) is 21.1 Å². The van der Waals surface area contributed by atoms with Gasteiger partial charge < -0.3 is 19.5 Å². The van der Waals surface area contributed by atoms with E-state index in [1.165, 1.54) is 24.8 Å². The summed E-state index contributed by atoms with van der Waals surface area (Å²) in [5.74, 6) is -0.570. The molecule has 7 nitrogen and oxygen atoms in total. The fourth-order valence-corrected chi connectivity index (χ4v) is 3.09. The standard InChI is InChI=1S/C24H25ClN2O5/c1-3-31-21-14-18(13-20(25)23(21)32-16-22(28)30-2)12-19(15-26)24(29)27-11-7-10-17-8-5-4-6-9-17/h4-6,8-9,12-14H,3,7,10-11,16H2,1-2H3,(H,27,29)/b19-12-. The number of nitrogens with one attached hydrogen (secondary N) is 1. The molecule has 0 radical (unpaired) electrons. The van der Waals surface area contributed by atoms with Gasteiger partial charge in [-0.1, -0.05) is 41.9 Å². The predicted molar refractivity (Wildman–Crippen MR) is 121 cm³/mol. The molecule has 0 saturated carbocycles. The first-order valence-electron chi connectivity index (χ1n) is 10.1. The van der Waals surface area contributed by atoms with Crippen LogP contribution in [0.2, 0.25) is 5.02 Å². The van der Waals surface area contributed by atoms with Crippen LogP contribution >= 0.6 is 11.6 Å². The number of ether oxygens (including phenoxy) is 3. The van der Waals surface area contributed by atoms with Crippen molar-refractivity contribution >= 4 is 29.6 Å². The van der Waals surface area contributed by atoms with Gasteiger partial charge in [0, 0.05) is 6.54 Å². The minimum Gasteiger partial charge on any atom is -0.490 e. The third-order valence-electron chi connectivity index (χ3n) is 4.34. The van der Waals surface area contributed by atoms with E-state index in [0.717, 1.165) is 12.8 Å². The highest BCUT2D eigenvalue weighted by atomic mass is 35.5. The molecule has 0 atom stereocenters. The second-order valence-electron chi connectivity index (χ2n) is 6.64. The van der Waals surface area contributed by atoms with Crippen LogP contribution in [0.1, 0.15) is 24.5 Å². The average molecular weight is 457 g/mol. The Balaban J connectivity index is 2.08. The van der Waals surface area contributed by atoms with Gasteiger partial charge in [0.15, 0.2) is 18.1 Å². The van der Waals surface area contributed by atoms with Crippen LogP contribution in [0.5, 0.6) is 11.5 Å². The molecule has 0 aliphatic carbocycles. The van der Waals surface area contributed by atoms with E-state index in [9.17, 15) is 14.9 Å². The molecule has 0 aliphatic heterocycles. The van der Waals surface area contributed by atoms with Crippen LogP contribution in [0, 0.1) is 11.3 Å². The summed E-state index contributed by atoms with van der Waals surface area (Å²) in [5, 5.41) is 12.4. The number of benzene rings is 2. The van der Waals surface area contributed by atoms with Crippen molar-refractivity contribution in [1.82, 2.24) is 5.32 Å². The number of carbonyl (C=O) groups is 2. The molecule has 32 heavy (non-hydrogen) atoms. The highest BCUT2D eigenvalue weighted by molar-refractivity contribution is 6.32. The van der Waals surface area contributed by atoms with E-state index in [2.05, 4.69) is 10.1 Å². The third-order valence-corrected chi connectivity index (χ3v) is 4.62. The van der Waals surface area contributed by atoms with Gasteiger partial charge in [0.2, 0.25) is 0 Å². The molecule has 2 aromatic carbocycles. The first-order valence-corrected chi connectivity index (χ1v) is 10.5. The van der Waals surface area contributed by atoms with Crippen molar-refractivity contribution in [3.8, 4) is 17.6 Å². The maximum Gasteiger partial charge on any atom is 0.343 e.